The van der Waals surface area contributed by atoms with Gasteiger partial charge in [0.15, 0.2) is 5.82 Å². The number of hydrogen-bond acceptors (Lipinski definition) is 7. The number of benzene rings is 1. The first-order chi connectivity index (χ1) is 12.3. The molecule has 2 aromatic rings. The Morgan fingerprint density at radius 2 is 1.88 bits per heavy atom. The number of rotatable bonds is 5. The predicted octanol–water partition coefficient (Wildman–Crippen LogP) is 1.95. The molecule has 0 unspecified atom stereocenters. The molecule has 8 nitrogen and oxygen atoms in total. The molecule has 0 aliphatic carbocycles. The fourth-order valence-electron chi connectivity index (χ4n) is 3.10. The Labute approximate surface area is 145 Å². The summed E-state index contributed by atoms with van der Waals surface area (Å²) in [5.41, 5.74) is 1.96. The molecule has 0 saturated carbocycles. The molecule has 4 rings (SSSR count). The third-order valence-electron chi connectivity index (χ3n) is 4.42. The van der Waals surface area contributed by atoms with E-state index < -0.39 is 0 Å². The zero-order valence-corrected chi connectivity index (χ0v) is 13.8. The second kappa shape index (κ2) is 7.02. The molecule has 3 heterocycles. The van der Waals surface area contributed by atoms with E-state index in [0.717, 1.165) is 37.7 Å². The molecular weight excluding hydrogens is 324 g/mol. The van der Waals surface area contributed by atoms with Crippen LogP contribution in [0.4, 0.5) is 22.0 Å². The number of amides is 1. The number of carbonyl (C=O) groups excluding carboxylic acids is 1. The largest absolute Gasteiger partial charge is 0.447 e. The average molecular weight is 344 g/mol. The van der Waals surface area contributed by atoms with Gasteiger partial charge in [0.1, 0.15) is 12.9 Å². The van der Waals surface area contributed by atoms with Gasteiger partial charge < -0.3 is 24.2 Å². The molecule has 0 bridgehead atoms. The highest BCUT2D eigenvalue weighted by Gasteiger charge is 2.34. The molecule has 1 N–H and O–H groups in total. The summed E-state index contributed by atoms with van der Waals surface area (Å²) in [5.74, 6) is 0.641. The standard InChI is InChI=1S/C17H20N4O4/c22-17-21(15(12-24-17)11-18-16-5-8-25-19-16)14-3-1-13(2-4-14)20-6-9-23-10-7-20/h1-5,8,15H,6-7,9-12H2,(H,18,19)/t15-/m0/s1. The predicted molar refractivity (Wildman–Crippen MR) is 92.1 cm³/mol. The lowest BCUT2D eigenvalue weighted by atomic mass is 10.2. The molecule has 25 heavy (non-hydrogen) atoms. The molecule has 132 valence electrons. The van der Waals surface area contributed by atoms with Crippen LogP contribution in [0.3, 0.4) is 0 Å². The maximum atomic E-state index is 12.1. The van der Waals surface area contributed by atoms with Crippen LogP contribution < -0.4 is 15.1 Å². The van der Waals surface area contributed by atoms with E-state index in [0.29, 0.717) is 19.0 Å². The highest BCUT2D eigenvalue weighted by atomic mass is 16.6. The Hall–Kier alpha value is -2.74. The van der Waals surface area contributed by atoms with E-state index in [-0.39, 0.29) is 12.1 Å². The molecular formula is C17H20N4O4. The fraction of sp³-hybridized carbons (Fsp3) is 0.412. The van der Waals surface area contributed by atoms with Crippen LogP contribution in [0, 0.1) is 0 Å². The van der Waals surface area contributed by atoms with Gasteiger partial charge in [-0.3, -0.25) is 4.90 Å². The quantitative estimate of drug-likeness (QED) is 0.888. The number of nitrogens with one attached hydrogen (secondary N) is 1. The van der Waals surface area contributed by atoms with E-state index in [1.54, 1.807) is 11.0 Å². The van der Waals surface area contributed by atoms with Crippen LogP contribution in [0.1, 0.15) is 0 Å². The van der Waals surface area contributed by atoms with Crippen molar-refractivity contribution in [2.45, 2.75) is 6.04 Å². The van der Waals surface area contributed by atoms with Gasteiger partial charge in [-0.15, -0.1) is 0 Å². The molecule has 1 aromatic carbocycles. The van der Waals surface area contributed by atoms with Crippen molar-refractivity contribution in [2.24, 2.45) is 0 Å². The SMILES string of the molecule is O=C1OC[C@H](CNc2ccon2)N1c1ccc(N2CCOCC2)cc1. The number of nitrogens with zero attached hydrogens (tertiary/aromatic N) is 3. The molecule has 2 fully saturated rings. The number of hydrogen-bond donors (Lipinski definition) is 1. The van der Waals surface area contributed by atoms with Crippen molar-refractivity contribution in [3.8, 4) is 0 Å². The van der Waals surface area contributed by atoms with E-state index in [4.69, 9.17) is 14.0 Å². The number of aromatic nitrogens is 1. The third-order valence-corrected chi connectivity index (χ3v) is 4.42. The lowest BCUT2D eigenvalue weighted by Crippen LogP contribution is -2.38. The molecule has 2 aliphatic heterocycles. The lowest BCUT2D eigenvalue weighted by Gasteiger charge is -2.29. The normalized spacial score (nSPS) is 20.6. The summed E-state index contributed by atoms with van der Waals surface area (Å²) in [6.07, 6.45) is 1.17. The van der Waals surface area contributed by atoms with Gasteiger partial charge in [0.25, 0.3) is 0 Å². The summed E-state index contributed by atoms with van der Waals surface area (Å²) in [4.78, 5) is 16.1. The Kier molecular flexibility index (Phi) is 4.43. The van der Waals surface area contributed by atoms with Crippen molar-refractivity contribution in [2.75, 3.05) is 54.6 Å². The summed E-state index contributed by atoms with van der Waals surface area (Å²) in [7, 11) is 0. The highest BCUT2D eigenvalue weighted by Crippen LogP contribution is 2.26. The topological polar surface area (TPSA) is 80.1 Å². The molecule has 2 saturated heterocycles. The van der Waals surface area contributed by atoms with Crippen molar-refractivity contribution in [3.63, 3.8) is 0 Å². The zero-order chi connectivity index (χ0) is 17.1. The lowest BCUT2D eigenvalue weighted by molar-refractivity contribution is 0.122. The summed E-state index contributed by atoms with van der Waals surface area (Å²) < 4.78 is 15.4. The molecule has 1 aromatic heterocycles. The Morgan fingerprint density at radius 3 is 2.60 bits per heavy atom. The number of anilines is 3. The van der Waals surface area contributed by atoms with Gasteiger partial charge in [-0.05, 0) is 24.3 Å². The van der Waals surface area contributed by atoms with Crippen LogP contribution in [0.5, 0.6) is 0 Å². The Morgan fingerprint density at radius 1 is 1.12 bits per heavy atom. The molecule has 1 atom stereocenters. The minimum absolute atomic E-state index is 0.0987. The first-order valence-electron chi connectivity index (χ1n) is 8.34. The van der Waals surface area contributed by atoms with Crippen molar-refractivity contribution >= 4 is 23.3 Å². The first-order valence-corrected chi connectivity index (χ1v) is 8.34. The smallest absolute Gasteiger partial charge is 0.414 e. The number of morpholine rings is 1. The summed E-state index contributed by atoms with van der Waals surface area (Å²) in [6, 6.07) is 9.63. The van der Waals surface area contributed by atoms with Gasteiger partial charge >= 0.3 is 6.09 Å². The van der Waals surface area contributed by atoms with Gasteiger partial charge in [-0.2, -0.15) is 0 Å². The van der Waals surface area contributed by atoms with E-state index in [1.807, 2.05) is 24.3 Å². The van der Waals surface area contributed by atoms with Crippen molar-refractivity contribution in [1.82, 2.24) is 5.16 Å². The number of cyclic esters (lactones) is 1. The maximum absolute atomic E-state index is 12.1. The minimum Gasteiger partial charge on any atom is -0.447 e. The molecule has 2 aliphatic rings. The summed E-state index contributed by atoms with van der Waals surface area (Å²) >= 11 is 0. The Balaban J connectivity index is 1.45. The van der Waals surface area contributed by atoms with Gasteiger partial charge in [0.05, 0.1) is 19.3 Å². The minimum atomic E-state index is -0.328. The highest BCUT2D eigenvalue weighted by molar-refractivity contribution is 5.90. The van der Waals surface area contributed by atoms with Crippen molar-refractivity contribution in [3.05, 3.63) is 36.6 Å². The van der Waals surface area contributed by atoms with Gasteiger partial charge in [0.2, 0.25) is 0 Å². The van der Waals surface area contributed by atoms with Crippen LogP contribution in [0.15, 0.2) is 41.1 Å². The average Bonchev–Trinajstić information content (AvgIpc) is 3.30. The van der Waals surface area contributed by atoms with E-state index in [1.165, 1.54) is 6.26 Å². The second-order valence-corrected chi connectivity index (χ2v) is 5.98. The van der Waals surface area contributed by atoms with E-state index in [2.05, 4.69) is 15.4 Å². The maximum Gasteiger partial charge on any atom is 0.414 e. The van der Waals surface area contributed by atoms with Crippen LogP contribution >= 0.6 is 0 Å². The van der Waals surface area contributed by atoms with Crippen molar-refractivity contribution < 1.29 is 18.8 Å². The summed E-state index contributed by atoms with van der Waals surface area (Å²) in [5, 5.41) is 6.96. The Bertz CT molecular complexity index is 698. The van der Waals surface area contributed by atoms with Crippen LogP contribution in [-0.2, 0) is 9.47 Å². The molecule has 8 heteroatoms. The summed E-state index contributed by atoms with van der Waals surface area (Å²) in [6.45, 7) is 4.13. The van der Waals surface area contributed by atoms with Gasteiger partial charge in [0, 0.05) is 37.1 Å². The molecule has 0 spiro atoms. The zero-order valence-electron chi connectivity index (χ0n) is 13.8. The second-order valence-electron chi connectivity index (χ2n) is 5.98. The monoisotopic (exact) mass is 344 g/mol. The van der Waals surface area contributed by atoms with E-state index >= 15 is 0 Å². The van der Waals surface area contributed by atoms with Crippen molar-refractivity contribution in [1.29, 1.82) is 0 Å². The molecule has 0 radical (unpaired) electrons. The first kappa shape index (κ1) is 15.8. The molecule has 1 amide bonds. The fourth-order valence-corrected chi connectivity index (χ4v) is 3.10. The van der Waals surface area contributed by atoms with Gasteiger partial charge in [-0.1, -0.05) is 5.16 Å². The van der Waals surface area contributed by atoms with E-state index in [9.17, 15) is 4.79 Å². The third kappa shape index (κ3) is 3.39. The van der Waals surface area contributed by atoms with Crippen LogP contribution in [0.25, 0.3) is 0 Å². The number of carbonyl (C=O) groups is 1. The van der Waals surface area contributed by atoms with Crippen LogP contribution in [0.2, 0.25) is 0 Å². The van der Waals surface area contributed by atoms with Crippen LogP contribution in [-0.4, -0.2) is 56.7 Å². The number of ether oxygens (including phenoxy) is 2. The van der Waals surface area contributed by atoms with Gasteiger partial charge in [-0.25, -0.2) is 4.79 Å².